The zero-order valence-corrected chi connectivity index (χ0v) is 20.0. The fourth-order valence-electron chi connectivity index (χ4n) is 4.87. The first kappa shape index (κ1) is 25.1. The summed E-state index contributed by atoms with van der Waals surface area (Å²) in [7, 11) is 0. The first-order valence-electron chi connectivity index (χ1n) is 12.4. The predicted octanol–water partition coefficient (Wildman–Crippen LogP) is 5.89. The monoisotopic (exact) mass is 480 g/mol. The van der Waals surface area contributed by atoms with E-state index in [0.717, 1.165) is 81.6 Å². The number of hydrogen-bond acceptors (Lipinski definition) is 4. The maximum atomic E-state index is 13.4. The summed E-state index contributed by atoms with van der Waals surface area (Å²) >= 11 is 0. The normalized spacial score (nSPS) is 15.1. The van der Waals surface area contributed by atoms with E-state index in [2.05, 4.69) is 9.80 Å². The summed E-state index contributed by atoms with van der Waals surface area (Å²) in [5.41, 5.74) is 3.14. The van der Waals surface area contributed by atoms with Crippen molar-refractivity contribution in [1.29, 1.82) is 0 Å². The molecule has 6 heteroatoms. The summed E-state index contributed by atoms with van der Waals surface area (Å²) in [6.45, 7) is 5.87. The van der Waals surface area contributed by atoms with E-state index >= 15 is 0 Å². The SMILES string of the molecule is Oc1ccc(CN2CCN(CCCCCC(c3ccc(F)cc3)c3ccc(F)cc3)CC2)cc1O. The Bertz CT molecular complexity index is 1020. The molecule has 35 heavy (non-hydrogen) atoms. The highest BCUT2D eigenvalue weighted by Gasteiger charge is 2.18. The molecule has 0 amide bonds. The molecule has 4 nitrogen and oxygen atoms in total. The van der Waals surface area contributed by atoms with Gasteiger partial charge in [0.1, 0.15) is 11.6 Å². The van der Waals surface area contributed by atoms with Gasteiger partial charge in [0.05, 0.1) is 0 Å². The topological polar surface area (TPSA) is 46.9 Å². The van der Waals surface area contributed by atoms with E-state index in [-0.39, 0.29) is 29.1 Å². The minimum absolute atomic E-state index is 0.0674. The summed E-state index contributed by atoms with van der Waals surface area (Å²) in [4.78, 5) is 4.88. The second-order valence-corrected chi connectivity index (χ2v) is 9.45. The number of phenols is 2. The molecular weight excluding hydrogens is 446 g/mol. The lowest BCUT2D eigenvalue weighted by atomic mass is 9.87. The van der Waals surface area contributed by atoms with E-state index in [9.17, 15) is 19.0 Å². The van der Waals surface area contributed by atoms with Crippen LogP contribution in [0.15, 0.2) is 66.7 Å². The molecule has 3 aromatic rings. The Morgan fingerprint density at radius 3 is 1.80 bits per heavy atom. The number of halogens is 2. The molecule has 1 saturated heterocycles. The van der Waals surface area contributed by atoms with Crippen molar-refractivity contribution in [2.75, 3.05) is 32.7 Å². The van der Waals surface area contributed by atoms with Crippen LogP contribution in [0.5, 0.6) is 11.5 Å². The Kier molecular flexibility index (Phi) is 8.72. The first-order chi connectivity index (χ1) is 17.0. The largest absolute Gasteiger partial charge is 0.504 e. The number of piperazine rings is 1. The Hall–Kier alpha value is -2.96. The second-order valence-electron chi connectivity index (χ2n) is 9.45. The van der Waals surface area contributed by atoms with Gasteiger partial charge in [-0.25, -0.2) is 8.78 Å². The van der Waals surface area contributed by atoms with Crippen LogP contribution in [0.1, 0.15) is 48.3 Å². The molecule has 1 heterocycles. The fourth-order valence-corrected chi connectivity index (χ4v) is 4.87. The maximum Gasteiger partial charge on any atom is 0.157 e. The van der Waals surface area contributed by atoms with Crippen molar-refractivity contribution in [3.05, 3.63) is 95.1 Å². The summed E-state index contributed by atoms with van der Waals surface area (Å²) < 4.78 is 26.8. The van der Waals surface area contributed by atoms with Crippen molar-refractivity contribution >= 4 is 0 Å². The third-order valence-electron chi connectivity index (χ3n) is 6.92. The molecule has 0 saturated carbocycles. The summed E-state index contributed by atoms with van der Waals surface area (Å²) in [6, 6.07) is 18.4. The molecule has 0 radical (unpaired) electrons. The van der Waals surface area contributed by atoms with E-state index < -0.39 is 0 Å². The van der Waals surface area contributed by atoms with Gasteiger partial charge in [-0.3, -0.25) is 4.90 Å². The molecule has 0 unspecified atom stereocenters. The number of rotatable bonds is 10. The van der Waals surface area contributed by atoms with Crippen molar-refractivity contribution in [1.82, 2.24) is 9.80 Å². The lowest BCUT2D eigenvalue weighted by Crippen LogP contribution is -2.46. The second kappa shape index (κ2) is 12.1. The minimum Gasteiger partial charge on any atom is -0.504 e. The molecule has 0 aromatic heterocycles. The van der Waals surface area contributed by atoms with Crippen LogP contribution in [-0.4, -0.2) is 52.7 Å². The summed E-state index contributed by atoms with van der Waals surface area (Å²) in [6.07, 6.45) is 4.26. The number of unbranched alkanes of at least 4 members (excludes halogenated alkanes) is 2. The van der Waals surface area contributed by atoms with Gasteiger partial charge in [-0.2, -0.15) is 0 Å². The number of aromatic hydroxyl groups is 2. The van der Waals surface area contributed by atoms with Crippen LogP contribution in [0.4, 0.5) is 8.78 Å². The van der Waals surface area contributed by atoms with E-state index in [4.69, 9.17) is 0 Å². The van der Waals surface area contributed by atoms with Crippen molar-refractivity contribution in [3.8, 4) is 11.5 Å². The van der Waals surface area contributed by atoms with E-state index in [0.29, 0.717) is 0 Å². The minimum atomic E-state index is -0.243. The Morgan fingerprint density at radius 2 is 1.23 bits per heavy atom. The molecular formula is C29H34F2N2O2. The quantitative estimate of drug-likeness (QED) is 0.281. The lowest BCUT2D eigenvalue weighted by Gasteiger charge is -2.34. The van der Waals surface area contributed by atoms with Crippen LogP contribution in [0, 0.1) is 11.6 Å². The van der Waals surface area contributed by atoms with Crippen molar-refractivity contribution in [2.24, 2.45) is 0 Å². The van der Waals surface area contributed by atoms with E-state index in [1.54, 1.807) is 6.07 Å². The van der Waals surface area contributed by atoms with Gasteiger partial charge in [-0.15, -0.1) is 0 Å². The standard InChI is InChI=1S/C29H34F2N2O2/c30-25-10-6-23(7-11-25)27(24-8-12-26(31)13-9-24)4-2-1-3-15-32-16-18-33(19-17-32)21-22-5-14-28(34)29(35)20-22/h5-14,20,27,34-35H,1-4,15-19,21H2. The average Bonchev–Trinajstić information content (AvgIpc) is 2.86. The highest BCUT2D eigenvalue weighted by molar-refractivity contribution is 5.40. The highest BCUT2D eigenvalue weighted by atomic mass is 19.1. The lowest BCUT2D eigenvalue weighted by molar-refractivity contribution is 0.125. The molecule has 186 valence electrons. The zero-order chi connectivity index (χ0) is 24.6. The average molecular weight is 481 g/mol. The van der Waals surface area contributed by atoms with Crippen LogP contribution in [0.25, 0.3) is 0 Å². The van der Waals surface area contributed by atoms with Crippen LogP contribution in [0.3, 0.4) is 0 Å². The van der Waals surface area contributed by atoms with Gasteiger partial charge in [0.15, 0.2) is 11.5 Å². The molecule has 0 atom stereocenters. The number of hydrogen-bond donors (Lipinski definition) is 2. The van der Waals surface area contributed by atoms with Gasteiger partial charge >= 0.3 is 0 Å². The summed E-state index contributed by atoms with van der Waals surface area (Å²) in [5.74, 6) is -0.498. The van der Waals surface area contributed by atoms with Crippen molar-refractivity contribution < 1.29 is 19.0 Å². The molecule has 1 aliphatic rings. The Labute approximate surface area is 206 Å². The van der Waals surface area contributed by atoms with Gasteiger partial charge in [-0.05, 0) is 72.5 Å². The van der Waals surface area contributed by atoms with Gasteiger partial charge in [0.25, 0.3) is 0 Å². The van der Waals surface area contributed by atoms with Crippen LogP contribution < -0.4 is 0 Å². The number of nitrogens with zero attached hydrogens (tertiary/aromatic N) is 2. The number of phenolic OH excluding ortho intramolecular Hbond substituents is 2. The molecule has 0 aliphatic carbocycles. The van der Waals surface area contributed by atoms with Crippen LogP contribution in [-0.2, 0) is 6.54 Å². The fraction of sp³-hybridized carbons (Fsp3) is 0.379. The third kappa shape index (κ3) is 7.26. The van der Waals surface area contributed by atoms with Gasteiger partial charge in [0, 0.05) is 38.6 Å². The molecule has 2 N–H and O–H groups in total. The van der Waals surface area contributed by atoms with Gasteiger partial charge < -0.3 is 15.1 Å². The van der Waals surface area contributed by atoms with Crippen molar-refractivity contribution in [2.45, 2.75) is 38.1 Å². The van der Waals surface area contributed by atoms with Crippen LogP contribution >= 0.6 is 0 Å². The predicted molar refractivity (Wildman–Crippen MR) is 135 cm³/mol. The molecule has 1 aliphatic heterocycles. The van der Waals surface area contributed by atoms with Gasteiger partial charge in [0.2, 0.25) is 0 Å². The smallest absolute Gasteiger partial charge is 0.157 e. The Balaban J connectivity index is 1.20. The molecule has 0 bridgehead atoms. The molecule has 4 rings (SSSR count). The third-order valence-corrected chi connectivity index (χ3v) is 6.92. The number of benzene rings is 3. The highest BCUT2D eigenvalue weighted by Crippen LogP contribution is 2.30. The summed E-state index contributed by atoms with van der Waals surface area (Å²) in [5, 5.41) is 19.2. The van der Waals surface area contributed by atoms with Crippen molar-refractivity contribution in [3.63, 3.8) is 0 Å². The zero-order valence-electron chi connectivity index (χ0n) is 20.0. The maximum absolute atomic E-state index is 13.4. The molecule has 0 spiro atoms. The molecule has 3 aromatic carbocycles. The first-order valence-corrected chi connectivity index (χ1v) is 12.4. The van der Waals surface area contributed by atoms with Gasteiger partial charge in [-0.1, -0.05) is 43.2 Å². The van der Waals surface area contributed by atoms with Crippen LogP contribution in [0.2, 0.25) is 0 Å². The van der Waals surface area contributed by atoms with E-state index in [1.807, 2.05) is 30.3 Å². The van der Waals surface area contributed by atoms with E-state index in [1.165, 1.54) is 30.3 Å². The molecule has 1 fully saturated rings. The Morgan fingerprint density at radius 1 is 0.657 bits per heavy atom.